The molecule has 120 valence electrons. The highest BCUT2D eigenvalue weighted by atomic mass is 35.5. The van der Waals surface area contributed by atoms with Crippen LogP contribution in [0.4, 0.5) is 0 Å². The summed E-state index contributed by atoms with van der Waals surface area (Å²) < 4.78 is 0. The van der Waals surface area contributed by atoms with E-state index in [2.05, 4.69) is 35.6 Å². The van der Waals surface area contributed by atoms with Gasteiger partial charge in [-0.25, -0.2) is 0 Å². The van der Waals surface area contributed by atoms with Gasteiger partial charge in [0.1, 0.15) is 0 Å². The summed E-state index contributed by atoms with van der Waals surface area (Å²) in [7, 11) is 0. The van der Waals surface area contributed by atoms with Gasteiger partial charge in [-0.05, 0) is 28.7 Å². The minimum absolute atomic E-state index is 0. The Balaban J connectivity index is 0.00000242. The number of nitrogens with two attached hydrogens (primary N) is 1. The van der Waals surface area contributed by atoms with Crippen LogP contribution in [-0.2, 0) is 11.2 Å². The van der Waals surface area contributed by atoms with Crippen LogP contribution in [0.5, 0.6) is 0 Å². The molecule has 0 aliphatic rings. The molecule has 0 heterocycles. The van der Waals surface area contributed by atoms with E-state index in [1.165, 1.54) is 16.3 Å². The Morgan fingerprint density at radius 3 is 2.55 bits per heavy atom. The van der Waals surface area contributed by atoms with Crippen LogP contribution < -0.4 is 11.1 Å². The molecule has 0 spiro atoms. The predicted octanol–water partition coefficient (Wildman–Crippen LogP) is 3.29. The largest absolute Gasteiger partial charge is 0.354 e. The molecule has 2 unspecified atom stereocenters. The van der Waals surface area contributed by atoms with Crippen molar-refractivity contribution in [3.8, 4) is 0 Å². The van der Waals surface area contributed by atoms with E-state index < -0.39 is 6.04 Å². The monoisotopic (exact) mass is 320 g/mol. The number of carbonyl (C=O) groups is 1. The molecule has 0 aliphatic heterocycles. The minimum atomic E-state index is -0.411. The number of amides is 1. The minimum Gasteiger partial charge on any atom is -0.354 e. The van der Waals surface area contributed by atoms with Gasteiger partial charge in [-0.1, -0.05) is 62.7 Å². The lowest BCUT2D eigenvalue weighted by Gasteiger charge is -2.17. The highest BCUT2D eigenvalue weighted by molar-refractivity contribution is 5.85. The number of fused-ring (bicyclic) bond motifs is 1. The molecule has 0 radical (unpaired) electrons. The average molecular weight is 321 g/mol. The van der Waals surface area contributed by atoms with E-state index in [9.17, 15) is 4.79 Å². The van der Waals surface area contributed by atoms with Crippen molar-refractivity contribution in [1.82, 2.24) is 5.32 Å². The SMILES string of the molecule is CCC(C)C(N)C(=O)NCCc1ccc2ccccc2c1.Cl. The Morgan fingerprint density at radius 1 is 1.18 bits per heavy atom. The number of nitrogens with one attached hydrogen (secondary N) is 1. The third-order valence-electron chi connectivity index (χ3n) is 4.09. The van der Waals surface area contributed by atoms with Gasteiger partial charge in [0, 0.05) is 6.54 Å². The molecule has 4 heteroatoms. The first-order valence-corrected chi connectivity index (χ1v) is 7.62. The Hall–Kier alpha value is -1.58. The number of carbonyl (C=O) groups excluding carboxylic acids is 1. The molecule has 0 bridgehead atoms. The zero-order valence-corrected chi connectivity index (χ0v) is 14.0. The zero-order chi connectivity index (χ0) is 15.2. The van der Waals surface area contributed by atoms with Crippen molar-refractivity contribution in [2.24, 2.45) is 11.7 Å². The van der Waals surface area contributed by atoms with Gasteiger partial charge in [-0.3, -0.25) is 4.79 Å². The van der Waals surface area contributed by atoms with Crippen LogP contribution in [-0.4, -0.2) is 18.5 Å². The van der Waals surface area contributed by atoms with Gasteiger partial charge in [0.2, 0.25) is 5.91 Å². The molecule has 0 aliphatic carbocycles. The van der Waals surface area contributed by atoms with E-state index in [0.717, 1.165) is 12.8 Å². The zero-order valence-electron chi connectivity index (χ0n) is 13.2. The average Bonchev–Trinajstić information content (AvgIpc) is 2.53. The van der Waals surface area contributed by atoms with Crippen molar-refractivity contribution < 1.29 is 4.79 Å². The Labute approximate surface area is 138 Å². The quantitative estimate of drug-likeness (QED) is 0.858. The number of hydrogen-bond donors (Lipinski definition) is 2. The highest BCUT2D eigenvalue weighted by Gasteiger charge is 2.18. The number of hydrogen-bond acceptors (Lipinski definition) is 2. The summed E-state index contributed by atoms with van der Waals surface area (Å²) in [6, 6.07) is 14.3. The third-order valence-corrected chi connectivity index (χ3v) is 4.09. The van der Waals surface area contributed by atoms with E-state index in [4.69, 9.17) is 5.73 Å². The maximum Gasteiger partial charge on any atom is 0.237 e. The molecular weight excluding hydrogens is 296 g/mol. The molecule has 2 atom stereocenters. The molecule has 0 saturated carbocycles. The molecule has 2 aromatic rings. The van der Waals surface area contributed by atoms with Crippen LogP contribution in [0.2, 0.25) is 0 Å². The van der Waals surface area contributed by atoms with Gasteiger partial charge in [-0.15, -0.1) is 12.4 Å². The molecule has 0 aromatic heterocycles. The standard InChI is InChI=1S/C18H24N2O.ClH/c1-3-13(2)17(19)18(21)20-11-10-14-8-9-15-6-4-5-7-16(15)12-14;/h4-9,12-13,17H,3,10-11,19H2,1-2H3,(H,20,21);1H. The smallest absolute Gasteiger partial charge is 0.237 e. The first-order valence-electron chi connectivity index (χ1n) is 7.62. The molecule has 3 nitrogen and oxygen atoms in total. The van der Waals surface area contributed by atoms with E-state index in [0.29, 0.717) is 6.54 Å². The molecule has 0 saturated heterocycles. The fourth-order valence-corrected chi connectivity index (χ4v) is 2.35. The van der Waals surface area contributed by atoms with Gasteiger partial charge < -0.3 is 11.1 Å². The van der Waals surface area contributed by atoms with Crippen molar-refractivity contribution in [3.63, 3.8) is 0 Å². The van der Waals surface area contributed by atoms with Crippen molar-refractivity contribution in [2.75, 3.05) is 6.54 Å². The van der Waals surface area contributed by atoms with Crippen LogP contribution in [0.3, 0.4) is 0 Å². The van der Waals surface area contributed by atoms with E-state index in [-0.39, 0.29) is 24.2 Å². The number of halogens is 1. The van der Waals surface area contributed by atoms with E-state index >= 15 is 0 Å². The second kappa shape index (κ2) is 8.76. The summed E-state index contributed by atoms with van der Waals surface area (Å²) in [6.07, 6.45) is 1.74. The second-order valence-corrected chi connectivity index (χ2v) is 5.63. The predicted molar refractivity (Wildman–Crippen MR) is 95.3 cm³/mol. The third kappa shape index (κ3) is 4.72. The molecule has 2 rings (SSSR count). The summed E-state index contributed by atoms with van der Waals surface area (Å²) in [6.45, 7) is 4.68. The van der Waals surface area contributed by atoms with Crippen molar-refractivity contribution in [1.29, 1.82) is 0 Å². The number of rotatable bonds is 6. The first kappa shape index (κ1) is 18.5. The summed E-state index contributed by atoms with van der Waals surface area (Å²) in [5.41, 5.74) is 7.14. The van der Waals surface area contributed by atoms with Crippen LogP contribution in [0.25, 0.3) is 10.8 Å². The Morgan fingerprint density at radius 2 is 1.86 bits per heavy atom. The molecule has 1 amide bonds. The maximum absolute atomic E-state index is 11.9. The summed E-state index contributed by atoms with van der Waals surface area (Å²) >= 11 is 0. The summed E-state index contributed by atoms with van der Waals surface area (Å²) in [4.78, 5) is 11.9. The second-order valence-electron chi connectivity index (χ2n) is 5.63. The molecule has 22 heavy (non-hydrogen) atoms. The molecule has 0 fully saturated rings. The van der Waals surface area contributed by atoms with Gasteiger partial charge in [0.15, 0.2) is 0 Å². The summed E-state index contributed by atoms with van der Waals surface area (Å²) in [5, 5.41) is 5.40. The lowest BCUT2D eigenvalue weighted by atomic mass is 9.99. The first-order chi connectivity index (χ1) is 10.1. The van der Waals surface area contributed by atoms with Gasteiger partial charge >= 0.3 is 0 Å². The number of benzene rings is 2. The van der Waals surface area contributed by atoms with Crippen LogP contribution >= 0.6 is 12.4 Å². The fraction of sp³-hybridized carbons (Fsp3) is 0.389. The van der Waals surface area contributed by atoms with Crippen LogP contribution in [0.15, 0.2) is 42.5 Å². The van der Waals surface area contributed by atoms with E-state index in [1.807, 2.05) is 26.0 Å². The van der Waals surface area contributed by atoms with Gasteiger partial charge in [-0.2, -0.15) is 0 Å². The van der Waals surface area contributed by atoms with Crippen molar-refractivity contribution in [3.05, 3.63) is 48.0 Å². The Kier molecular flexibility index (Phi) is 7.36. The fourth-order valence-electron chi connectivity index (χ4n) is 2.35. The normalized spacial score (nSPS) is 13.2. The molecular formula is C18H25ClN2O. The molecule has 3 N–H and O–H groups in total. The lowest BCUT2D eigenvalue weighted by molar-refractivity contribution is -0.123. The van der Waals surface area contributed by atoms with E-state index in [1.54, 1.807) is 0 Å². The Bertz CT molecular complexity index is 615. The lowest BCUT2D eigenvalue weighted by Crippen LogP contribution is -2.45. The van der Waals surface area contributed by atoms with Crippen molar-refractivity contribution >= 4 is 29.1 Å². The highest BCUT2D eigenvalue weighted by Crippen LogP contribution is 2.15. The van der Waals surface area contributed by atoms with Crippen LogP contribution in [0, 0.1) is 5.92 Å². The topological polar surface area (TPSA) is 55.1 Å². The van der Waals surface area contributed by atoms with Crippen molar-refractivity contribution in [2.45, 2.75) is 32.7 Å². The maximum atomic E-state index is 11.9. The summed E-state index contributed by atoms with van der Waals surface area (Å²) in [5.74, 6) is 0.163. The van der Waals surface area contributed by atoms with Crippen LogP contribution in [0.1, 0.15) is 25.8 Å². The van der Waals surface area contributed by atoms with Gasteiger partial charge in [0.05, 0.1) is 6.04 Å². The molecule has 2 aromatic carbocycles. The van der Waals surface area contributed by atoms with Gasteiger partial charge in [0.25, 0.3) is 0 Å².